The SMILES string of the molecule is CCCNC(CCO)CN1CCCC1C1CCCC1. The number of hydrogen-bond donors (Lipinski definition) is 2. The summed E-state index contributed by atoms with van der Waals surface area (Å²) in [7, 11) is 0. The van der Waals surface area contributed by atoms with E-state index in [0.717, 1.165) is 31.5 Å². The Kier molecular flexibility index (Phi) is 6.62. The summed E-state index contributed by atoms with van der Waals surface area (Å²) in [5.74, 6) is 0.962. The van der Waals surface area contributed by atoms with E-state index in [1.54, 1.807) is 0 Å². The first-order valence-corrected chi connectivity index (χ1v) is 8.43. The Labute approximate surface area is 118 Å². The van der Waals surface area contributed by atoms with E-state index in [2.05, 4.69) is 17.1 Å². The van der Waals surface area contributed by atoms with E-state index in [1.807, 2.05) is 0 Å². The zero-order chi connectivity index (χ0) is 13.5. The molecule has 3 heteroatoms. The summed E-state index contributed by atoms with van der Waals surface area (Å²) < 4.78 is 0. The van der Waals surface area contributed by atoms with Crippen molar-refractivity contribution >= 4 is 0 Å². The molecule has 1 heterocycles. The smallest absolute Gasteiger partial charge is 0.0446 e. The third-order valence-corrected chi connectivity index (χ3v) is 4.97. The van der Waals surface area contributed by atoms with Crippen LogP contribution in [-0.2, 0) is 0 Å². The number of likely N-dealkylation sites (tertiary alicyclic amines) is 1. The van der Waals surface area contributed by atoms with Crippen molar-refractivity contribution < 1.29 is 5.11 Å². The number of aliphatic hydroxyl groups excluding tert-OH is 1. The lowest BCUT2D eigenvalue weighted by Crippen LogP contribution is -2.45. The molecule has 0 aromatic rings. The Morgan fingerprint density at radius 2 is 2.00 bits per heavy atom. The lowest BCUT2D eigenvalue weighted by atomic mass is 9.95. The average Bonchev–Trinajstić information content (AvgIpc) is 3.06. The van der Waals surface area contributed by atoms with Crippen LogP contribution in [0.1, 0.15) is 58.3 Å². The molecule has 0 radical (unpaired) electrons. The van der Waals surface area contributed by atoms with Crippen molar-refractivity contribution in [1.29, 1.82) is 0 Å². The maximum absolute atomic E-state index is 9.23. The fraction of sp³-hybridized carbons (Fsp3) is 1.00. The van der Waals surface area contributed by atoms with Gasteiger partial charge in [0.05, 0.1) is 0 Å². The largest absolute Gasteiger partial charge is 0.396 e. The van der Waals surface area contributed by atoms with Crippen molar-refractivity contribution in [3.63, 3.8) is 0 Å². The molecule has 2 aliphatic rings. The van der Waals surface area contributed by atoms with Crippen LogP contribution >= 0.6 is 0 Å². The zero-order valence-electron chi connectivity index (χ0n) is 12.6. The fourth-order valence-electron chi connectivity index (χ4n) is 4.00. The highest BCUT2D eigenvalue weighted by Crippen LogP contribution is 2.35. The Morgan fingerprint density at radius 3 is 2.68 bits per heavy atom. The van der Waals surface area contributed by atoms with Crippen LogP contribution in [-0.4, -0.2) is 48.3 Å². The summed E-state index contributed by atoms with van der Waals surface area (Å²) in [6.07, 6.45) is 10.7. The number of nitrogens with one attached hydrogen (secondary N) is 1. The Balaban J connectivity index is 1.83. The second kappa shape index (κ2) is 8.23. The topological polar surface area (TPSA) is 35.5 Å². The van der Waals surface area contributed by atoms with E-state index in [9.17, 15) is 5.11 Å². The molecule has 0 spiro atoms. The molecule has 0 aromatic carbocycles. The van der Waals surface area contributed by atoms with Crippen molar-refractivity contribution in [3.8, 4) is 0 Å². The molecule has 2 N–H and O–H groups in total. The molecule has 2 fully saturated rings. The van der Waals surface area contributed by atoms with Crippen LogP contribution in [0.4, 0.5) is 0 Å². The Morgan fingerprint density at radius 1 is 1.21 bits per heavy atom. The minimum absolute atomic E-state index is 0.309. The van der Waals surface area contributed by atoms with Crippen LogP contribution in [0.15, 0.2) is 0 Å². The first-order valence-electron chi connectivity index (χ1n) is 8.43. The monoisotopic (exact) mass is 268 g/mol. The molecular weight excluding hydrogens is 236 g/mol. The predicted octanol–water partition coefficient (Wildman–Crippen LogP) is 2.39. The highest BCUT2D eigenvalue weighted by atomic mass is 16.3. The first-order chi connectivity index (χ1) is 9.35. The van der Waals surface area contributed by atoms with Gasteiger partial charge >= 0.3 is 0 Å². The van der Waals surface area contributed by atoms with Crippen LogP contribution in [0, 0.1) is 5.92 Å². The van der Waals surface area contributed by atoms with Gasteiger partial charge in [-0.05, 0) is 57.5 Å². The summed E-state index contributed by atoms with van der Waals surface area (Å²) in [5.41, 5.74) is 0. The minimum Gasteiger partial charge on any atom is -0.396 e. The highest BCUT2D eigenvalue weighted by molar-refractivity contribution is 4.89. The van der Waals surface area contributed by atoms with Gasteiger partial charge in [0.25, 0.3) is 0 Å². The number of hydrogen-bond acceptors (Lipinski definition) is 3. The summed E-state index contributed by atoms with van der Waals surface area (Å²) >= 11 is 0. The molecule has 112 valence electrons. The molecule has 2 unspecified atom stereocenters. The highest BCUT2D eigenvalue weighted by Gasteiger charge is 2.33. The van der Waals surface area contributed by atoms with Crippen molar-refractivity contribution in [2.45, 2.75) is 70.4 Å². The molecule has 3 nitrogen and oxygen atoms in total. The summed E-state index contributed by atoms with van der Waals surface area (Å²) in [6, 6.07) is 1.32. The fourth-order valence-corrected chi connectivity index (χ4v) is 4.00. The van der Waals surface area contributed by atoms with Gasteiger partial charge in [-0.2, -0.15) is 0 Å². The van der Waals surface area contributed by atoms with Gasteiger partial charge in [0.1, 0.15) is 0 Å². The van der Waals surface area contributed by atoms with Gasteiger partial charge < -0.3 is 10.4 Å². The molecule has 2 atom stereocenters. The predicted molar refractivity (Wildman–Crippen MR) is 80.3 cm³/mol. The molecule has 2 rings (SSSR count). The van der Waals surface area contributed by atoms with Gasteiger partial charge in [-0.3, -0.25) is 4.90 Å². The van der Waals surface area contributed by atoms with Gasteiger partial charge in [-0.1, -0.05) is 19.8 Å². The second-order valence-corrected chi connectivity index (χ2v) is 6.41. The number of nitrogens with zero attached hydrogens (tertiary/aromatic N) is 1. The third kappa shape index (κ3) is 4.44. The normalized spacial score (nSPS) is 27.2. The van der Waals surface area contributed by atoms with Gasteiger partial charge in [0.2, 0.25) is 0 Å². The maximum Gasteiger partial charge on any atom is 0.0446 e. The van der Waals surface area contributed by atoms with Gasteiger partial charge in [0.15, 0.2) is 0 Å². The summed E-state index contributed by atoms with van der Waals surface area (Å²) in [6.45, 7) is 6.01. The lowest BCUT2D eigenvalue weighted by Gasteiger charge is -2.32. The minimum atomic E-state index is 0.309. The number of aliphatic hydroxyl groups is 1. The van der Waals surface area contributed by atoms with Crippen molar-refractivity contribution in [3.05, 3.63) is 0 Å². The van der Waals surface area contributed by atoms with E-state index >= 15 is 0 Å². The number of rotatable bonds is 8. The standard InChI is InChI=1S/C16H32N2O/c1-2-10-17-15(9-12-19)13-18-11-5-8-16(18)14-6-3-4-7-14/h14-17,19H,2-13H2,1H3. The second-order valence-electron chi connectivity index (χ2n) is 6.41. The maximum atomic E-state index is 9.23. The quantitative estimate of drug-likeness (QED) is 0.709. The average molecular weight is 268 g/mol. The van der Waals surface area contributed by atoms with Gasteiger partial charge in [0, 0.05) is 25.2 Å². The zero-order valence-corrected chi connectivity index (χ0v) is 12.6. The van der Waals surface area contributed by atoms with E-state index in [4.69, 9.17) is 0 Å². The van der Waals surface area contributed by atoms with Crippen LogP contribution in [0.2, 0.25) is 0 Å². The molecule has 1 saturated heterocycles. The Hall–Kier alpha value is -0.120. The Bertz CT molecular complexity index is 241. The van der Waals surface area contributed by atoms with Crippen molar-refractivity contribution in [2.24, 2.45) is 5.92 Å². The van der Waals surface area contributed by atoms with Crippen LogP contribution < -0.4 is 5.32 Å². The molecule has 0 amide bonds. The van der Waals surface area contributed by atoms with Gasteiger partial charge in [-0.15, -0.1) is 0 Å². The third-order valence-electron chi connectivity index (χ3n) is 4.97. The lowest BCUT2D eigenvalue weighted by molar-refractivity contribution is 0.160. The molecular formula is C16H32N2O. The van der Waals surface area contributed by atoms with Crippen LogP contribution in [0.5, 0.6) is 0 Å². The summed E-state index contributed by atoms with van der Waals surface area (Å²) in [4.78, 5) is 2.72. The molecule has 1 aliphatic heterocycles. The molecule has 0 aromatic heterocycles. The van der Waals surface area contributed by atoms with Crippen LogP contribution in [0.25, 0.3) is 0 Å². The first kappa shape index (κ1) is 15.3. The molecule has 1 saturated carbocycles. The van der Waals surface area contributed by atoms with E-state index in [1.165, 1.54) is 51.5 Å². The van der Waals surface area contributed by atoms with Crippen LogP contribution in [0.3, 0.4) is 0 Å². The van der Waals surface area contributed by atoms with E-state index in [-0.39, 0.29) is 0 Å². The van der Waals surface area contributed by atoms with E-state index in [0.29, 0.717) is 12.6 Å². The molecule has 1 aliphatic carbocycles. The molecule has 19 heavy (non-hydrogen) atoms. The van der Waals surface area contributed by atoms with E-state index < -0.39 is 0 Å². The van der Waals surface area contributed by atoms with Gasteiger partial charge in [-0.25, -0.2) is 0 Å². The summed E-state index contributed by atoms with van der Waals surface area (Å²) in [5, 5.41) is 12.8. The van der Waals surface area contributed by atoms with Crippen molar-refractivity contribution in [1.82, 2.24) is 10.2 Å². The van der Waals surface area contributed by atoms with Crippen molar-refractivity contribution in [2.75, 3.05) is 26.2 Å². The molecule has 0 bridgehead atoms.